The van der Waals surface area contributed by atoms with Gasteiger partial charge in [0.15, 0.2) is 5.96 Å². The Balaban J connectivity index is 2.13. The van der Waals surface area contributed by atoms with Crippen LogP contribution in [-0.2, 0) is 24.9 Å². The number of benzene rings is 1. The second-order valence-corrected chi connectivity index (χ2v) is 5.28. The molecule has 0 bridgehead atoms. The van der Waals surface area contributed by atoms with Gasteiger partial charge in [-0.1, -0.05) is 18.2 Å². The Labute approximate surface area is 135 Å². The zero-order chi connectivity index (χ0) is 16.8. The molecular formula is C17H22N4O2. The third-order valence-electron chi connectivity index (χ3n) is 3.63. The number of aryl methyl sites for hydroxylation is 1. The SMILES string of the molecule is COCc1ccccc1NC(N)=NCc1ccc(C)n(C)c1=O. The maximum atomic E-state index is 12.1. The Hall–Kier alpha value is -2.60. The fourth-order valence-corrected chi connectivity index (χ4v) is 2.17. The molecule has 0 aliphatic carbocycles. The van der Waals surface area contributed by atoms with Crippen LogP contribution in [0, 0.1) is 6.92 Å². The number of nitrogens with zero attached hydrogens (tertiary/aromatic N) is 2. The Morgan fingerprint density at radius 2 is 2.00 bits per heavy atom. The van der Waals surface area contributed by atoms with E-state index in [1.165, 1.54) is 0 Å². The molecule has 2 aromatic rings. The number of anilines is 1. The first kappa shape index (κ1) is 16.8. The molecule has 0 spiro atoms. The predicted octanol–water partition coefficient (Wildman–Crippen LogP) is 1.77. The lowest BCUT2D eigenvalue weighted by atomic mass is 10.2. The molecule has 122 valence electrons. The first-order valence-corrected chi connectivity index (χ1v) is 7.32. The fourth-order valence-electron chi connectivity index (χ4n) is 2.17. The quantitative estimate of drug-likeness (QED) is 0.651. The number of nitrogens with two attached hydrogens (primary N) is 1. The Morgan fingerprint density at radius 1 is 1.26 bits per heavy atom. The smallest absolute Gasteiger partial charge is 0.255 e. The van der Waals surface area contributed by atoms with Crippen LogP contribution in [0.4, 0.5) is 5.69 Å². The normalized spacial score (nSPS) is 11.5. The molecule has 6 nitrogen and oxygen atoms in total. The maximum Gasteiger partial charge on any atom is 0.255 e. The molecule has 0 amide bonds. The number of hydrogen-bond acceptors (Lipinski definition) is 3. The van der Waals surface area contributed by atoms with E-state index in [0.29, 0.717) is 12.2 Å². The predicted molar refractivity (Wildman–Crippen MR) is 92.5 cm³/mol. The van der Waals surface area contributed by atoms with Gasteiger partial charge in [0.25, 0.3) is 5.56 Å². The summed E-state index contributed by atoms with van der Waals surface area (Å²) >= 11 is 0. The molecule has 0 atom stereocenters. The number of methoxy groups -OCH3 is 1. The summed E-state index contributed by atoms with van der Waals surface area (Å²) in [6, 6.07) is 11.4. The van der Waals surface area contributed by atoms with Gasteiger partial charge >= 0.3 is 0 Å². The van der Waals surface area contributed by atoms with Crippen molar-refractivity contribution in [2.24, 2.45) is 17.8 Å². The van der Waals surface area contributed by atoms with E-state index in [1.807, 2.05) is 37.3 Å². The molecular weight excluding hydrogens is 292 g/mol. The van der Waals surface area contributed by atoms with Gasteiger partial charge in [-0.05, 0) is 25.1 Å². The van der Waals surface area contributed by atoms with Crippen molar-refractivity contribution in [1.29, 1.82) is 0 Å². The van der Waals surface area contributed by atoms with Crippen molar-refractivity contribution < 1.29 is 4.74 Å². The summed E-state index contributed by atoms with van der Waals surface area (Å²) in [5.41, 5.74) is 9.21. The van der Waals surface area contributed by atoms with E-state index < -0.39 is 0 Å². The lowest BCUT2D eigenvalue weighted by molar-refractivity contribution is 0.185. The number of aliphatic imine (C=N–C) groups is 1. The van der Waals surface area contributed by atoms with Crippen LogP contribution in [0.15, 0.2) is 46.2 Å². The average molecular weight is 314 g/mol. The number of rotatable bonds is 5. The molecule has 0 aliphatic heterocycles. The number of para-hydroxylation sites is 1. The van der Waals surface area contributed by atoms with E-state index in [0.717, 1.165) is 16.9 Å². The molecule has 0 aliphatic rings. The molecule has 23 heavy (non-hydrogen) atoms. The van der Waals surface area contributed by atoms with Gasteiger partial charge in [-0.25, -0.2) is 4.99 Å². The highest BCUT2D eigenvalue weighted by atomic mass is 16.5. The molecule has 0 unspecified atom stereocenters. The van der Waals surface area contributed by atoms with Crippen LogP contribution in [0.5, 0.6) is 0 Å². The second kappa shape index (κ2) is 7.60. The lowest BCUT2D eigenvalue weighted by Crippen LogP contribution is -2.25. The topological polar surface area (TPSA) is 81.6 Å². The van der Waals surface area contributed by atoms with Crippen LogP contribution in [0.1, 0.15) is 16.8 Å². The van der Waals surface area contributed by atoms with Crippen molar-refractivity contribution in [3.05, 3.63) is 63.6 Å². The summed E-state index contributed by atoms with van der Waals surface area (Å²) in [5.74, 6) is 0.260. The molecule has 1 aromatic heterocycles. The van der Waals surface area contributed by atoms with Gasteiger partial charge in [-0.2, -0.15) is 0 Å². The van der Waals surface area contributed by atoms with Gasteiger partial charge in [0.1, 0.15) is 0 Å². The van der Waals surface area contributed by atoms with Crippen LogP contribution in [0.25, 0.3) is 0 Å². The number of guanidine groups is 1. The molecule has 1 aromatic carbocycles. The van der Waals surface area contributed by atoms with E-state index in [1.54, 1.807) is 24.8 Å². The van der Waals surface area contributed by atoms with Crippen LogP contribution in [0.3, 0.4) is 0 Å². The van der Waals surface area contributed by atoms with Gasteiger partial charge < -0.3 is 20.4 Å². The first-order chi connectivity index (χ1) is 11.0. The summed E-state index contributed by atoms with van der Waals surface area (Å²) in [4.78, 5) is 16.4. The number of aromatic nitrogens is 1. The summed E-state index contributed by atoms with van der Waals surface area (Å²) in [6.07, 6.45) is 0. The Kier molecular flexibility index (Phi) is 5.54. The van der Waals surface area contributed by atoms with Crippen molar-refractivity contribution in [2.45, 2.75) is 20.1 Å². The number of nitrogens with one attached hydrogen (secondary N) is 1. The molecule has 1 heterocycles. The van der Waals surface area contributed by atoms with Crippen molar-refractivity contribution in [2.75, 3.05) is 12.4 Å². The third-order valence-corrected chi connectivity index (χ3v) is 3.63. The number of pyridine rings is 1. The molecule has 6 heteroatoms. The Bertz CT molecular complexity index is 765. The van der Waals surface area contributed by atoms with Gasteiger partial charge in [0.2, 0.25) is 0 Å². The van der Waals surface area contributed by atoms with Crippen molar-refractivity contribution in [1.82, 2.24) is 4.57 Å². The van der Waals surface area contributed by atoms with E-state index in [-0.39, 0.29) is 18.1 Å². The zero-order valence-electron chi connectivity index (χ0n) is 13.7. The van der Waals surface area contributed by atoms with Crippen LogP contribution in [-0.4, -0.2) is 17.6 Å². The third kappa shape index (κ3) is 4.20. The molecule has 3 N–H and O–H groups in total. The highest BCUT2D eigenvalue weighted by Crippen LogP contribution is 2.15. The molecule has 0 saturated carbocycles. The molecule has 0 radical (unpaired) electrons. The van der Waals surface area contributed by atoms with Gasteiger partial charge in [0, 0.05) is 36.7 Å². The monoisotopic (exact) mass is 314 g/mol. The van der Waals surface area contributed by atoms with E-state index in [9.17, 15) is 4.79 Å². The number of ether oxygens (including phenoxy) is 1. The maximum absolute atomic E-state index is 12.1. The largest absolute Gasteiger partial charge is 0.380 e. The number of hydrogen-bond donors (Lipinski definition) is 2. The van der Waals surface area contributed by atoms with E-state index in [4.69, 9.17) is 10.5 Å². The second-order valence-electron chi connectivity index (χ2n) is 5.28. The summed E-state index contributed by atoms with van der Waals surface area (Å²) in [7, 11) is 3.38. The standard InChI is InChI=1S/C17H22N4O2/c1-12-8-9-13(16(22)21(12)2)10-19-17(18)20-15-7-5-4-6-14(15)11-23-3/h4-9H,10-11H2,1-3H3,(H3,18,19,20). The fraction of sp³-hybridized carbons (Fsp3) is 0.294. The van der Waals surface area contributed by atoms with Crippen molar-refractivity contribution in [3.63, 3.8) is 0 Å². The van der Waals surface area contributed by atoms with Crippen LogP contribution in [0.2, 0.25) is 0 Å². The van der Waals surface area contributed by atoms with Gasteiger partial charge in [-0.3, -0.25) is 4.79 Å². The zero-order valence-corrected chi connectivity index (χ0v) is 13.7. The Morgan fingerprint density at radius 3 is 2.74 bits per heavy atom. The summed E-state index contributed by atoms with van der Waals surface area (Å²) in [5, 5.41) is 3.05. The van der Waals surface area contributed by atoms with Gasteiger partial charge in [-0.15, -0.1) is 0 Å². The van der Waals surface area contributed by atoms with Crippen molar-refractivity contribution in [3.8, 4) is 0 Å². The van der Waals surface area contributed by atoms with E-state index in [2.05, 4.69) is 10.3 Å². The summed E-state index contributed by atoms with van der Waals surface area (Å²) in [6.45, 7) is 2.60. The highest BCUT2D eigenvalue weighted by Gasteiger charge is 2.05. The van der Waals surface area contributed by atoms with Crippen LogP contribution >= 0.6 is 0 Å². The van der Waals surface area contributed by atoms with Gasteiger partial charge in [0.05, 0.1) is 13.2 Å². The van der Waals surface area contributed by atoms with Crippen LogP contribution < -0.4 is 16.6 Å². The average Bonchev–Trinajstić information content (AvgIpc) is 2.54. The molecule has 0 saturated heterocycles. The molecule has 0 fully saturated rings. The minimum absolute atomic E-state index is 0.0543. The first-order valence-electron chi connectivity index (χ1n) is 7.32. The summed E-state index contributed by atoms with van der Waals surface area (Å²) < 4.78 is 6.75. The minimum atomic E-state index is -0.0543. The van der Waals surface area contributed by atoms with Crippen molar-refractivity contribution >= 4 is 11.6 Å². The van der Waals surface area contributed by atoms with E-state index >= 15 is 0 Å². The lowest BCUT2D eigenvalue weighted by Gasteiger charge is -2.11. The minimum Gasteiger partial charge on any atom is -0.380 e. The highest BCUT2D eigenvalue weighted by molar-refractivity contribution is 5.92. The molecule has 2 rings (SSSR count).